The van der Waals surface area contributed by atoms with Gasteiger partial charge in [0.1, 0.15) is 11.7 Å². The number of hydrogen-bond acceptors (Lipinski definition) is 3. The lowest BCUT2D eigenvalue weighted by Gasteiger charge is -2.19. The fourth-order valence-electron chi connectivity index (χ4n) is 2.11. The van der Waals surface area contributed by atoms with Gasteiger partial charge in [0, 0.05) is 0 Å². The Kier molecular flexibility index (Phi) is 4.12. The summed E-state index contributed by atoms with van der Waals surface area (Å²) in [5.74, 6) is -1.14. The van der Waals surface area contributed by atoms with E-state index in [1.54, 1.807) is 7.11 Å². The zero-order chi connectivity index (χ0) is 13.2. The first-order valence-electron chi connectivity index (χ1n) is 5.42. The quantitative estimate of drug-likeness (QED) is 0.839. The van der Waals surface area contributed by atoms with Crippen molar-refractivity contribution < 1.29 is 19.7 Å². The highest BCUT2D eigenvalue weighted by Gasteiger charge is 2.24. The van der Waals surface area contributed by atoms with Gasteiger partial charge in [-0.05, 0) is 49.1 Å². The SMILES string of the molecule is COc1cc(C)c(C(CO)C(=O)O)c(C)c1C. The minimum atomic E-state index is -1.01. The van der Waals surface area contributed by atoms with Crippen LogP contribution in [0.15, 0.2) is 6.07 Å². The summed E-state index contributed by atoms with van der Waals surface area (Å²) in [5, 5.41) is 18.3. The Morgan fingerprint density at radius 2 is 1.94 bits per heavy atom. The van der Waals surface area contributed by atoms with Crippen LogP contribution in [0, 0.1) is 20.8 Å². The number of aliphatic hydroxyl groups is 1. The fourth-order valence-corrected chi connectivity index (χ4v) is 2.11. The zero-order valence-corrected chi connectivity index (χ0v) is 10.6. The third-order valence-corrected chi connectivity index (χ3v) is 3.16. The molecule has 0 aliphatic rings. The molecule has 0 aliphatic carbocycles. The highest BCUT2D eigenvalue weighted by Crippen LogP contribution is 2.32. The molecule has 94 valence electrons. The van der Waals surface area contributed by atoms with Crippen molar-refractivity contribution in [1.29, 1.82) is 0 Å². The standard InChI is InChI=1S/C13H18O4/c1-7-5-11(17-4)8(2)9(3)12(7)10(6-14)13(15)16/h5,10,14H,6H2,1-4H3,(H,15,16). The summed E-state index contributed by atoms with van der Waals surface area (Å²) in [7, 11) is 1.58. The monoisotopic (exact) mass is 238 g/mol. The second kappa shape index (κ2) is 5.19. The van der Waals surface area contributed by atoms with Gasteiger partial charge in [-0.15, -0.1) is 0 Å². The number of carboxylic acid groups (broad SMARTS) is 1. The van der Waals surface area contributed by atoms with Crippen molar-refractivity contribution in [3.8, 4) is 5.75 Å². The van der Waals surface area contributed by atoms with Gasteiger partial charge >= 0.3 is 5.97 Å². The van der Waals surface area contributed by atoms with Crippen molar-refractivity contribution in [1.82, 2.24) is 0 Å². The van der Waals surface area contributed by atoms with E-state index in [1.165, 1.54) is 0 Å². The molecule has 1 aromatic rings. The molecule has 2 N–H and O–H groups in total. The third-order valence-electron chi connectivity index (χ3n) is 3.16. The van der Waals surface area contributed by atoms with Gasteiger partial charge in [0.25, 0.3) is 0 Å². The fraction of sp³-hybridized carbons (Fsp3) is 0.462. The largest absolute Gasteiger partial charge is 0.496 e. The summed E-state index contributed by atoms with van der Waals surface area (Å²) in [6.07, 6.45) is 0. The molecule has 0 fully saturated rings. The van der Waals surface area contributed by atoms with Gasteiger partial charge in [-0.3, -0.25) is 4.79 Å². The van der Waals surface area contributed by atoms with E-state index < -0.39 is 18.5 Å². The predicted octanol–water partition coefficient (Wildman–Crippen LogP) is 1.78. The van der Waals surface area contributed by atoms with Crippen molar-refractivity contribution in [2.45, 2.75) is 26.7 Å². The molecule has 0 bridgehead atoms. The van der Waals surface area contributed by atoms with Gasteiger partial charge in [-0.2, -0.15) is 0 Å². The number of aliphatic carboxylic acids is 1. The molecule has 0 saturated heterocycles. The summed E-state index contributed by atoms with van der Waals surface area (Å²) >= 11 is 0. The Morgan fingerprint density at radius 3 is 2.35 bits per heavy atom. The molecule has 0 saturated carbocycles. The second-order valence-corrected chi connectivity index (χ2v) is 4.13. The number of carboxylic acids is 1. The van der Waals surface area contributed by atoms with Crippen LogP contribution in [0.1, 0.15) is 28.2 Å². The summed E-state index contributed by atoms with van der Waals surface area (Å²) in [6, 6.07) is 1.81. The first kappa shape index (κ1) is 13.5. The maximum Gasteiger partial charge on any atom is 0.313 e. The summed E-state index contributed by atoms with van der Waals surface area (Å²) in [6.45, 7) is 5.16. The van der Waals surface area contributed by atoms with E-state index in [1.807, 2.05) is 26.8 Å². The molecule has 0 amide bonds. The van der Waals surface area contributed by atoms with Crippen molar-refractivity contribution in [3.05, 3.63) is 28.3 Å². The smallest absolute Gasteiger partial charge is 0.313 e. The van der Waals surface area contributed by atoms with E-state index >= 15 is 0 Å². The van der Waals surface area contributed by atoms with Gasteiger partial charge in [-0.1, -0.05) is 0 Å². The normalized spacial score (nSPS) is 12.3. The summed E-state index contributed by atoms with van der Waals surface area (Å²) < 4.78 is 5.23. The average Bonchev–Trinajstić information content (AvgIpc) is 2.28. The first-order valence-corrected chi connectivity index (χ1v) is 5.42. The Labute approximate surface area is 101 Å². The summed E-state index contributed by atoms with van der Waals surface area (Å²) in [4.78, 5) is 11.1. The van der Waals surface area contributed by atoms with Crippen LogP contribution in [0.25, 0.3) is 0 Å². The Bertz CT molecular complexity index is 438. The van der Waals surface area contributed by atoms with Gasteiger partial charge in [0.15, 0.2) is 0 Å². The first-order chi connectivity index (χ1) is 7.93. The van der Waals surface area contributed by atoms with E-state index in [4.69, 9.17) is 9.84 Å². The number of carbonyl (C=O) groups is 1. The molecule has 0 spiro atoms. The zero-order valence-electron chi connectivity index (χ0n) is 10.6. The number of methoxy groups -OCH3 is 1. The molecule has 0 aliphatic heterocycles. The van der Waals surface area contributed by atoms with Crippen molar-refractivity contribution in [3.63, 3.8) is 0 Å². The average molecular weight is 238 g/mol. The Balaban J connectivity index is 3.44. The highest BCUT2D eigenvalue weighted by molar-refractivity contribution is 5.78. The van der Waals surface area contributed by atoms with Crippen LogP contribution in [-0.4, -0.2) is 29.9 Å². The van der Waals surface area contributed by atoms with E-state index in [0.29, 0.717) is 5.56 Å². The van der Waals surface area contributed by atoms with Gasteiger partial charge in [0.2, 0.25) is 0 Å². The van der Waals surface area contributed by atoms with Crippen molar-refractivity contribution in [2.24, 2.45) is 0 Å². The van der Waals surface area contributed by atoms with E-state index in [2.05, 4.69) is 0 Å². The minimum absolute atomic E-state index is 0.400. The maximum atomic E-state index is 11.1. The molecule has 4 nitrogen and oxygen atoms in total. The van der Waals surface area contributed by atoms with Crippen LogP contribution in [0.5, 0.6) is 5.75 Å². The lowest BCUT2D eigenvalue weighted by Crippen LogP contribution is -2.18. The summed E-state index contributed by atoms with van der Waals surface area (Å²) in [5.41, 5.74) is 3.28. The lowest BCUT2D eigenvalue weighted by molar-refractivity contribution is -0.139. The number of rotatable bonds is 4. The topological polar surface area (TPSA) is 66.8 Å². The highest BCUT2D eigenvalue weighted by atomic mass is 16.5. The van der Waals surface area contributed by atoms with Crippen LogP contribution in [0.3, 0.4) is 0 Å². The molecule has 0 heterocycles. The number of aliphatic hydroxyl groups excluding tert-OH is 1. The molecule has 4 heteroatoms. The van der Waals surface area contributed by atoms with E-state index in [9.17, 15) is 9.90 Å². The molecular weight excluding hydrogens is 220 g/mol. The van der Waals surface area contributed by atoms with Crippen molar-refractivity contribution >= 4 is 5.97 Å². The number of benzene rings is 1. The van der Waals surface area contributed by atoms with E-state index in [-0.39, 0.29) is 0 Å². The minimum Gasteiger partial charge on any atom is -0.496 e. The number of hydrogen-bond donors (Lipinski definition) is 2. The van der Waals surface area contributed by atoms with Crippen LogP contribution < -0.4 is 4.74 Å². The van der Waals surface area contributed by atoms with Crippen LogP contribution in [0.4, 0.5) is 0 Å². The molecule has 1 atom stereocenters. The molecule has 1 aromatic carbocycles. The predicted molar refractivity (Wildman–Crippen MR) is 64.7 cm³/mol. The van der Waals surface area contributed by atoms with Crippen molar-refractivity contribution in [2.75, 3.05) is 13.7 Å². The van der Waals surface area contributed by atoms with Gasteiger partial charge in [-0.25, -0.2) is 0 Å². The lowest BCUT2D eigenvalue weighted by atomic mass is 9.88. The second-order valence-electron chi connectivity index (χ2n) is 4.13. The number of ether oxygens (including phenoxy) is 1. The van der Waals surface area contributed by atoms with Crippen LogP contribution >= 0.6 is 0 Å². The van der Waals surface area contributed by atoms with Gasteiger partial charge in [0.05, 0.1) is 13.7 Å². The maximum absolute atomic E-state index is 11.1. The van der Waals surface area contributed by atoms with E-state index in [0.717, 1.165) is 22.4 Å². The molecule has 0 aromatic heterocycles. The molecule has 1 rings (SSSR count). The molecule has 1 unspecified atom stereocenters. The van der Waals surface area contributed by atoms with Crippen LogP contribution in [-0.2, 0) is 4.79 Å². The Hall–Kier alpha value is -1.55. The number of aryl methyl sites for hydroxylation is 1. The molecule has 0 radical (unpaired) electrons. The van der Waals surface area contributed by atoms with Crippen LogP contribution in [0.2, 0.25) is 0 Å². The van der Waals surface area contributed by atoms with Gasteiger partial charge < -0.3 is 14.9 Å². The molecule has 17 heavy (non-hydrogen) atoms. The Morgan fingerprint density at radius 1 is 1.35 bits per heavy atom. The third kappa shape index (κ3) is 2.42. The molecular formula is C13H18O4.